The van der Waals surface area contributed by atoms with Gasteiger partial charge in [0.2, 0.25) is 0 Å². The lowest BCUT2D eigenvalue weighted by Gasteiger charge is -1.81. The van der Waals surface area contributed by atoms with E-state index in [-0.39, 0.29) is 0 Å². The monoisotopic (exact) mass is 109 g/mol. The average molecular weight is 109 g/mol. The second kappa shape index (κ2) is 1.99. The van der Waals surface area contributed by atoms with Crippen LogP contribution < -0.4 is 0 Å². The van der Waals surface area contributed by atoms with Crippen molar-refractivity contribution in [3.63, 3.8) is 0 Å². The zero-order valence-corrected chi connectivity index (χ0v) is 5.15. The molecular weight excluding hydrogens is 100 g/mol. The third-order valence-electron chi connectivity index (χ3n) is 1.03. The third-order valence-corrected chi connectivity index (χ3v) is 1.03. The lowest BCUT2D eigenvalue weighted by molar-refractivity contribution is 0.981. The van der Waals surface area contributed by atoms with E-state index < -0.39 is 0 Å². The Labute approximate surface area is 49.0 Å². The predicted molar refractivity (Wildman–Crippen MR) is 31.5 cm³/mol. The number of aryl methyl sites for hydroxylation is 2. The molecule has 0 aliphatic rings. The fourth-order valence-corrected chi connectivity index (χ4v) is 0.591. The number of aromatic nitrogens is 2. The highest BCUT2D eigenvalue weighted by molar-refractivity contribution is 4.95. The van der Waals surface area contributed by atoms with Crippen molar-refractivity contribution in [3.8, 4) is 0 Å². The fourth-order valence-electron chi connectivity index (χ4n) is 0.591. The van der Waals surface area contributed by atoms with Crippen molar-refractivity contribution in [3.05, 3.63) is 17.7 Å². The van der Waals surface area contributed by atoms with Gasteiger partial charge in [-0.3, -0.25) is 0 Å². The Bertz CT molecular complexity index is 167. The first-order valence-electron chi connectivity index (χ1n) is 2.76. The molecule has 0 spiro atoms. The fraction of sp³-hybridized carbons (Fsp3) is 0.500. The molecule has 1 rings (SSSR count). The summed E-state index contributed by atoms with van der Waals surface area (Å²) in [6.45, 7) is 4.01. The van der Waals surface area contributed by atoms with Gasteiger partial charge in [-0.1, -0.05) is 6.92 Å². The molecule has 1 aromatic heterocycles. The van der Waals surface area contributed by atoms with Crippen LogP contribution >= 0.6 is 0 Å². The minimum absolute atomic E-state index is 0.963. The van der Waals surface area contributed by atoms with Crippen LogP contribution in [0, 0.1) is 13.1 Å². The maximum Gasteiger partial charge on any atom is 0.112 e. The molecule has 43 valence electrons. The first-order chi connectivity index (χ1) is 3.83. The molecule has 8 heavy (non-hydrogen) atoms. The number of aromatic amines is 1. The lowest BCUT2D eigenvalue weighted by atomic mass is 10.5. The van der Waals surface area contributed by atoms with Crippen LogP contribution in [0.25, 0.3) is 0 Å². The Hall–Kier alpha value is -0.790. The van der Waals surface area contributed by atoms with Crippen LogP contribution in [0.15, 0.2) is 0 Å². The van der Waals surface area contributed by atoms with Gasteiger partial charge in [-0.25, -0.2) is 4.98 Å². The molecule has 0 unspecified atom stereocenters. The Morgan fingerprint density at radius 2 is 2.50 bits per heavy atom. The Kier molecular flexibility index (Phi) is 1.33. The van der Waals surface area contributed by atoms with Crippen molar-refractivity contribution >= 4 is 0 Å². The summed E-state index contributed by atoms with van der Waals surface area (Å²) >= 11 is 0. The van der Waals surface area contributed by atoms with Crippen LogP contribution in [0.3, 0.4) is 0 Å². The molecule has 0 saturated heterocycles. The molecule has 2 nitrogen and oxygen atoms in total. The number of hydrogen-bond donors (Lipinski definition) is 1. The summed E-state index contributed by atoms with van der Waals surface area (Å²) in [6.07, 6.45) is 3.78. The van der Waals surface area contributed by atoms with Gasteiger partial charge in [0, 0.05) is 12.1 Å². The zero-order valence-electron chi connectivity index (χ0n) is 5.15. The molecule has 0 aromatic carbocycles. The third kappa shape index (κ3) is 0.886. The quantitative estimate of drug-likeness (QED) is 0.574. The van der Waals surface area contributed by atoms with E-state index in [1.165, 1.54) is 0 Å². The first kappa shape index (κ1) is 5.35. The van der Waals surface area contributed by atoms with Gasteiger partial charge < -0.3 is 4.98 Å². The van der Waals surface area contributed by atoms with Crippen LogP contribution in [0.1, 0.15) is 18.4 Å². The highest BCUT2D eigenvalue weighted by Crippen LogP contribution is 1.92. The number of rotatable bonds is 1. The Morgan fingerprint density at radius 1 is 1.75 bits per heavy atom. The molecule has 0 aliphatic carbocycles. The lowest BCUT2D eigenvalue weighted by Crippen LogP contribution is -1.80. The maximum atomic E-state index is 3.95. The van der Waals surface area contributed by atoms with Crippen molar-refractivity contribution in [2.75, 3.05) is 0 Å². The normalized spacial score (nSPS) is 9.75. The van der Waals surface area contributed by atoms with Crippen LogP contribution in [-0.4, -0.2) is 9.97 Å². The van der Waals surface area contributed by atoms with Gasteiger partial charge in [-0.05, 0) is 6.92 Å². The molecule has 0 fully saturated rings. The summed E-state index contributed by atoms with van der Waals surface area (Å²) in [5, 5.41) is 0. The highest BCUT2D eigenvalue weighted by Gasteiger charge is 1.90. The number of imidazole rings is 1. The minimum atomic E-state index is 0.963. The number of hydrogen-bond acceptors (Lipinski definition) is 1. The minimum Gasteiger partial charge on any atom is -0.346 e. The van der Waals surface area contributed by atoms with E-state index in [2.05, 4.69) is 23.1 Å². The topological polar surface area (TPSA) is 28.7 Å². The summed E-state index contributed by atoms with van der Waals surface area (Å²) in [5.74, 6) is 1.02. The summed E-state index contributed by atoms with van der Waals surface area (Å²) in [5.41, 5.74) is 1.02. The largest absolute Gasteiger partial charge is 0.346 e. The highest BCUT2D eigenvalue weighted by atomic mass is 14.9. The van der Waals surface area contributed by atoms with E-state index in [4.69, 9.17) is 0 Å². The second-order valence-corrected chi connectivity index (χ2v) is 1.77. The molecule has 1 radical (unpaired) electrons. The standard InChI is InChI=1S/C6H9N2/c1-3-6-7-4-5(2)8-6/h3H2,1-2H3,(H,7,8). The molecule has 1 N–H and O–H groups in total. The van der Waals surface area contributed by atoms with Crippen molar-refractivity contribution < 1.29 is 0 Å². The maximum absolute atomic E-state index is 3.95. The van der Waals surface area contributed by atoms with E-state index in [0.717, 1.165) is 17.9 Å². The van der Waals surface area contributed by atoms with E-state index >= 15 is 0 Å². The summed E-state index contributed by atoms with van der Waals surface area (Å²) < 4.78 is 0. The summed E-state index contributed by atoms with van der Waals surface area (Å²) in [4.78, 5) is 7.01. The second-order valence-electron chi connectivity index (χ2n) is 1.77. The first-order valence-corrected chi connectivity index (χ1v) is 2.76. The number of H-pyrrole nitrogens is 1. The molecule has 0 saturated carbocycles. The van der Waals surface area contributed by atoms with Crippen LogP contribution in [-0.2, 0) is 6.42 Å². The molecule has 1 heterocycles. The van der Waals surface area contributed by atoms with Gasteiger partial charge in [0.05, 0.1) is 0 Å². The number of nitrogens with zero attached hydrogens (tertiary/aromatic N) is 1. The SMILES string of the molecule is CCc1n[c]c(C)[nH]1. The van der Waals surface area contributed by atoms with Gasteiger partial charge in [0.25, 0.3) is 0 Å². The molecule has 2 heteroatoms. The average Bonchev–Trinajstić information content (AvgIpc) is 2.14. The zero-order chi connectivity index (χ0) is 5.98. The van der Waals surface area contributed by atoms with E-state index in [0.29, 0.717) is 0 Å². The smallest absolute Gasteiger partial charge is 0.112 e. The summed E-state index contributed by atoms with van der Waals surface area (Å²) in [6, 6.07) is 0. The molecular formula is C6H9N2. The van der Waals surface area contributed by atoms with Crippen LogP contribution in [0.2, 0.25) is 0 Å². The Morgan fingerprint density at radius 3 is 2.75 bits per heavy atom. The molecule has 0 atom stereocenters. The molecule has 0 aliphatic heterocycles. The molecule has 1 aromatic rings. The van der Waals surface area contributed by atoms with Crippen molar-refractivity contribution in [1.29, 1.82) is 0 Å². The van der Waals surface area contributed by atoms with Gasteiger partial charge in [-0.2, -0.15) is 0 Å². The van der Waals surface area contributed by atoms with Gasteiger partial charge in [0.1, 0.15) is 12.0 Å². The van der Waals surface area contributed by atoms with Gasteiger partial charge in [0.15, 0.2) is 0 Å². The van der Waals surface area contributed by atoms with E-state index in [1.807, 2.05) is 6.92 Å². The molecule has 0 amide bonds. The van der Waals surface area contributed by atoms with Gasteiger partial charge in [-0.15, -0.1) is 0 Å². The van der Waals surface area contributed by atoms with E-state index in [9.17, 15) is 0 Å². The van der Waals surface area contributed by atoms with Crippen LogP contribution in [0.4, 0.5) is 0 Å². The summed E-state index contributed by atoms with van der Waals surface area (Å²) in [7, 11) is 0. The van der Waals surface area contributed by atoms with Gasteiger partial charge >= 0.3 is 0 Å². The van der Waals surface area contributed by atoms with Crippen LogP contribution in [0.5, 0.6) is 0 Å². The predicted octanol–water partition coefficient (Wildman–Crippen LogP) is 1.08. The Balaban J connectivity index is 2.84. The van der Waals surface area contributed by atoms with Crippen molar-refractivity contribution in [2.24, 2.45) is 0 Å². The van der Waals surface area contributed by atoms with Crippen molar-refractivity contribution in [1.82, 2.24) is 9.97 Å². The number of nitrogens with one attached hydrogen (secondary N) is 1. The van der Waals surface area contributed by atoms with Crippen molar-refractivity contribution in [2.45, 2.75) is 20.3 Å². The van der Waals surface area contributed by atoms with E-state index in [1.54, 1.807) is 0 Å². The molecule has 0 bridgehead atoms.